The summed E-state index contributed by atoms with van der Waals surface area (Å²) in [6.07, 6.45) is 0. The molecule has 0 aromatic heterocycles. The highest BCUT2D eigenvalue weighted by molar-refractivity contribution is 5.25. The van der Waals surface area contributed by atoms with E-state index in [1.165, 1.54) is 11.1 Å². The molecule has 2 N–H and O–H groups in total. The monoisotopic (exact) mass is 205 g/mol. The molecule has 0 saturated heterocycles. The number of nitrogens with one attached hydrogen (secondary N) is 2. The fourth-order valence-corrected chi connectivity index (χ4v) is 1.34. The summed E-state index contributed by atoms with van der Waals surface area (Å²) in [7, 11) is 0. The van der Waals surface area contributed by atoms with Gasteiger partial charge in [-0.3, -0.25) is 4.99 Å². The van der Waals surface area contributed by atoms with Crippen LogP contribution in [0, 0.1) is 6.92 Å². The molecule has 0 aliphatic carbocycles. The van der Waals surface area contributed by atoms with E-state index in [0.29, 0.717) is 0 Å². The van der Waals surface area contributed by atoms with Crippen molar-refractivity contribution in [3.05, 3.63) is 35.4 Å². The van der Waals surface area contributed by atoms with E-state index in [9.17, 15) is 0 Å². The van der Waals surface area contributed by atoms with Crippen LogP contribution in [-0.4, -0.2) is 26.5 Å². The van der Waals surface area contributed by atoms with E-state index in [1.54, 1.807) is 0 Å². The van der Waals surface area contributed by atoms with Crippen molar-refractivity contribution in [1.29, 1.82) is 0 Å². The third kappa shape index (κ3) is 4.72. The normalized spacial score (nSPS) is 10.2. The summed E-state index contributed by atoms with van der Waals surface area (Å²) in [4.78, 5) is 3.77. The number of aryl methyl sites for hydroxylation is 1. The van der Waals surface area contributed by atoms with Crippen molar-refractivity contribution in [3.8, 4) is 0 Å². The van der Waals surface area contributed by atoms with Gasteiger partial charge in [-0.2, -0.15) is 0 Å². The van der Waals surface area contributed by atoms with Gasteiger partial charge in [-0.05, 0) is 24.8 Å². The molecule has 0 unspecified atom stereocenters. The summed E-state index contributed by atoms with van der Waals surface area (Å²) in [6, 6.07) is 8.41. The molecule has 3 nitrogen and oxygen atoms in total. The summed E-state index contributed by atoms with van der Waals surface area (Å²) in [5.41, 5.74) is 2.68. The standard InChI is InChI=1S/C12H19N3/c1-11-5-3-4-6-12(11)9-15-10-14-8-7-13-2/h3-6,14-15H,2,7-10H2,1H3. The highest BCUT2D eigenvalue weighted by Gasteiger charge is 1.94. The van der Waals surface area contributed by atoms with Crippen LogP contribution in [0.1, 0.15) is 11.1 Å². The number of hydrogen-bond donors (Lipinski definition) is 2. The van der Waals surface area contributed by atoms with Crippen LogP contribution < -0.4 is 10.6 Å². The Morgan fingerprint density at radius 1 is 1.27 bits per heavy atom. The van der Waals surface area contributed by atoms with Crippen molar-refractivity contribution in [2.45, 2.75) is 13.5 Å². The summed E-state index contributed by atoms with van der Waals surface area (Å²) >= 11 is 0. The molecular weight excluding hydrogens is 186 g/mol. The SMILES string of the molecule is C=NCCNCNCc1ccccc1C. The van der Waals surface area contributed by atoms with Crippen molar-refractivity contribution in [2.75, 3.05) is 19.8 Å². The molecule has 0 amide bonds. The second kappa shape index (κ2) is 7.15. The van der Waals surface area contributed by atoms with E-state index in [-0.39, 0.29) is 0 Å². The Labute approximate surface area is 91.6 Å². The molecular formula is C12H19N3. The Morgan fingerprint density at radius 2 is 2.07 bits per heavy atom. The second-order valence-electron chi connectivity index (χ2n) is 3.48. The minimum Gasteiger partial charge on any atom is -0.303 e. The van der Waals surface area contributed by atoms with Crippen molar-refractivity contribution >= 4 is 6.72 Å². The van der Waals surface area contributed by atoms with Gasteiger partial charge in [-0.25, -0.2) is 0 Å². The third-order valence-corrected chi connectivity index (χ3v) is 2.27. The Hall–Kier alpha value is -1.19. The molecule has 0 fully saturated rings. The molecule has 15 heavy (non-hydrogen) atoms. The lowest BCUT2D eigenvalue weighted by atomic mass is 10.1. The fourth-order valence-electron chi connectivity index (χ4n) is 1.34. The lowest BCUT2D eigenvalue weighted by Crippen LogP contribution is -2.30. The second-order valence-corrected chi connectivity index (χ2v) is 3.48. The fraction of sp³-hybridized carbons (Fsp3) is 0.417. The van der Waals surface area contributed by atoms with Crippen LogP contribution in [0.3, 0.4) is 0 Å². The van der Waals surface area contributed by atoms with Gasteiger partial charge in [0.1, 0.15) is 0 Å². The molecule has 0 saturated carbocycles. The largest absolute Gasteiger partial charge is 0.303 e. The molecule has 0 spiro atoms. The summed E-state index contributed by atoms with van der Waals surface area (Å²) in [5, 5.41) is 6.56. The first-order valence-corrected chi connectivity index (χ1v) is 5.23. The molecule has 1 aromatic carbocycles. The first kappa shape index (κ1) is 11.9. The van der Waals surface area contributed by atoms with Crippen LogP contribution in [0.25, 0.3) is 0 Å². The minimum atomic E-state index is 0.770. The van der Waals surface area contributed by atoms with Gasteiger partial charge in [0.05, 0.1) is 6.54 Å². The average Bonchev–Trinajstić information content (AvgIpc) is 2.25. The molecule has 1 aromatic rings. The molecule has 1 rings (SSSR count). The lowest BCUT2D eigenvalue weighted by molar-refractivity contribution is 0.587. The number of nitrogens with zero attached hydrogens (tertiary/aromatic N) is 1. The van der Waals surface area contributed by atoms with Crippen LogP contribution in [0.2, 0.25) is 0 Å². The predicted octanol–water partition coefficient (Wildman–Crippen LogP) is 1.33. The molecule has 0 aliphatic rings. The summed E-state index contributed by atoms with van der Waals surface area (Å²) in [5.74, 6) is 0. The number of benzene rings is 1. The van der Waals surface area contributed by atoms with Gasteiger partial charge >= 0.3 is 0 Å². The van der Waals surface area contributed by atoms with Gasteiger partial charge in [0, 0.05) is 19.8 Å². The molecule has 0 heterocycles. The topological polar surface area (TPSA) is 36.4 Å². The highest BCUT2D eigenvalue weighted by atomic mass is 15.1. The van der Waals surface area contributed by atoms with Gasteiger partial charge in [0.15, 0.2) is 0 Å². The maximum Gasteiger partial charge on any atom is 0.0507 e. The van der Waals surface area contributed by atoms with E-state index in [2.05, 4.69) is 53.5 Å². The van der Waals surface area contributed by atoms with Gasteiger partial charge in [-0.15, -0.1) is 0 Å². The zero-order valence-corrected chi connectivity index (χ0v) is 9.29. The quantitative estimate of drug-likeness (QED) is 0.400. The number of aliphatic imine (C=N–C) groups is 1. The first-order valence-electron chi connectivity index (χ1n) is 5.23. The molecule has 0 bridgehead atoms. The average molecular weight is 205 g/mol. The Kier molecular flexibility index (Phi) is 5.66. The van der Waals surface area contributed by atoms with Crippen LogP contribution in [0.5, 0.6) is 0 Å². The minimum absolute atomic E-state index is 0.770. The Morgan fingerprint density at radius 3 is 2.80 bits per heavy atom. The van der Waals surface area contributed by atoms with Gasteiger partial charge < -0.3 is 10.6 Å². The van der Waals surface area contributed by atoms with Crippen LogP contribution in [-0.2, 0) is 6.54 Å². The molecule has 0 aliphatic heterocycles. The van der Waals surface area contributed by atoms with E-state index in [4.69, 9.17) is 0 Å². The van der Waals surface area contributed by atoms with Crippen molar-refractivity contribution < 1.29 is 0 Å². The number of rotatable bonds is 7. The van der Waals surface area contributed by atoms with Crippen molar-refractivity contribution in [2.24, 2.45) is 4.99 Å². The van der Waals surface area contributed by atoms with E-state index < -0.39 is 0 Å². The predicted molar refractivity (Wildman–Crippen MR) is 65.3 cm³/mol. The third-order valence-electron chi connectivity index (χ3n) is 2.27. The van der Waals surface area contributed by atoms with Gasteiger partial charge in [-0.1, -0.05) is 24.3 Å². The molecule has 0 radical (unpaired) electrons. The summed E-state index contributed by atoms with van der Waals surface area (Å²) < 4.78 is 0. The summed E-state index contributed by atoms with van der Waals surface area (Å²) in [6.45, 7) is 8.92. The van der Waals surface area contributed by atoms with Crippen LogP contribution >= 0.6 is 0 Å². The molecule has 82 valence electrons. The van der Waals surface area contributed by atoms with E-state index in [0.717, 1.165) is 26.3 Å². The van der Waals surface area contributed by atoms with Crippen molar-refractivity contribution in [3.63, 3.8) is 0 Å². The Balaban J connectivity index is 2.15. The zero-order chi connectivity index (χ0) is 10.9. The smallest absolute Gasteiger partial charge is 0.0507 e. The van der Waals surface area contributed by atoms with Gasteiger partial charge in [0.25, 0.3) is 0 Å². The first-order chi connectivity index (χ1) is 7.34. The Bertz CT molecular complexity index is 297. The van der Waals surface area contributed by atoms with E-state index in [1.807, 2.05) is 0 Å². The molecule has 3 heteroatoms. The van der Waals surface area contributed by atoms with Crippen molar-refractivity contribution in [1.82, 2.24) is 10.6 Å². The van der Waals surface area contributed by atoms with Gasteiger partial charge in [0.2, 0.25) is 0 Å². The van der Waals surface area contributed by atoms with Crippen LogP contribution in [0.15, 0.2) is 29.3 Å². The molecule has 0 atom stereocenters. The van der Waals surface area contributed by atoms with Crippen LogP contribution in [0.4, 0.5) is 0 Å². The number of hydrogen-bond acceptors (Lipinski definition) is 3. The highest BCUT2D eigenvalue weighted by Crippen LogP contribution is 2.05. The maximum atomic E-state index is 3.77. The maximum absolute atomic E-state index is 3.77. The lowest BCUT2D eigenvalue weighted by Gasteiger charge is -2.08. The zero-order valence-electron chi connectivity index (χ0n) is 9.29. The van der Waals surface area contributed by atoms with E-state index >= 15 is 0 Å².